The van der Waals surface area contributed by atoms with Gasteiger partial charge in [-0.3, -0.25) is 4.79 Å². The molecule has 130 valence electrons. The second-order valence-electron chi connectivity index (χ2n) is 6.92. The van der Waals surface area contributed by atoms with Crippen molar-refractivity contribution in [2.24, 2.45) is 0 Å². The molecule has 5 nitrogen and oxygen atoms in total. The van der Waals surface area contributed by atoms with Crippen molar-refractivity contribution in [3.05, 3.63) is 52.3 Å². The molecule has 4 rings (SSSR count). The summed E-state index contributed by atoms with van der Waals surface area (Å²) >= 11 is 0. The van der Waals surface area contributed by atoms with Crippen LogP contribution in [0.4, 0.5) is 5.95 Å². The zero-order valence-corrected chi connectivity index (χ0v) is 14.8. The molecule has 0 amide bonds. The summed E-state index contributed by atoms with van der Waals surface area (Å²) in [6.45, 7) is 7.03. The van der Waals surface area contributed by atoms with Crippen molar-refractivity contribution in [2.75, 3.05) is 31.2 Å². The second-order valence-corrected chi connectivity index (χ2v) is 6.92. The van der Waals surface area contributed by atoms with E-state index < -0.39 is 0 Å². The SMILES string of the molecule is Cc1ccccc1[C@@H]1CC(=O)c2c(C)nc(N3CCOCC3)nc2C1. The number of benzene rings is 1. The first kappa shape index (κ1) is 16.2. The molecule has 1 aromatic heterocycles. The maximum Gasteiger partial charge on any atom is 0.225 e. The van der Waals surface area contributed by atoms with Gasteiger partial charge in [0.05, 0.1) is 30.2 Å². The number of nitrogens with zero attached hydrogens (tertiary/aromatic N) is 3. The topological polar surface area (TPSA) is 55.3 Å². The Morgan fingerprint density at radius 1 is 1.08 bits per heavy atom. The number of carbonyl (C=O) groups excluding carboxylic acids is 1. The van der Waals surface area contributed by atoms with Crippen LogP contribution in [-0.2, 0) is 11.2 Å². The van der Waals surface area contributed by atoms with Crippen molar-refractivity contribution in [2.45, 2.75) is 32.6 Å². The first-order valence-electron chi connectivity index (χ1n) is 8.92. The Kier molecular flexibility index (Phi) is 4.25. The van der Waals surface area contributed by atoms with E-state index in [9.17, 15) is 4.79 Å². The monoisotopic (exact) mass is 337 g/mol. The molecular weight excluding hydrogens is 314 g/mol. The number of carbonyl (C=O) groups is 1. The summed E-state index contributed by atoms with van der Waals surface area (Å²) < 4.78 is 5.42. The Morgan fingerprint density at radius 2 is 1.84 bits per heavy atom. The highest BCUT2D eigenvalue weighted by Gasteiger charge is 2.31. The van der Waals surface area contributed by atoms with Crippen LogP contribution in [0.25, 0.3) is 0 Å². The van der Waals surface area contributed by atoms with Crippen molar-refractivity contribution in [1.29, 1.82) is 0 Å². The second kappa shape index (κ2) is 6.56. The van der Waals surface area contributed by atoms with E-state index in [-0.39, 0.29) is 11.7 Å². The standard InChI is InChI=1S/C20H23N3O2/c1-13-5-3-4-6-16(13)15-11-17-19(18(24)12-15)14(2)21-20(22-17)23-7-9-25-10-8-23/h3-6,15H,7-12H2,1-2H3/t15-/m0/s1. The lowest BCUT2D eigenvalue weighted by Gasteiger charge is -2.30. The number of ketones is 1. The predicted molar refractivity (Wildman–Crippen MR) is 96.4 cm³/mol. The van der Waals surface area contributed by atoms with Gasteiger partial charge >= 0.3 is 0 Å². The maximum absolute atomic E-state index is 12.8. The Bertz CT molecular complexity index is 813. The van der Waals surface area contributed by atoms with Gasteiger partial charge in [-0.05, 0) is 37.3 Å². The molecule has 0 radical (unpaired) electrons. The fourth-order valence-corrected chi connectivity index (χ4v) is 3.93. The summed E-state index contributed by atoms with van der Waals surface area (Å²) in [6, 6.07) is 8.34. The van der Waals surface area contributed by atoms with Gasteiger partial charge < -0.3 is 9.64 Å². The molecule has 0 spiro atoms. The van der Waals surface area contributed by atoms with Gasteiger partial charge in [-0.15, -0.1) is 0 Å². The summed E-state index contributed by atoms with van der Waals surface area (Å²) in [6.07, 6.45) is 1.34. The largest absolute Gasteiger partial charge is 0.378 e. The number of rotatable bonds is 2. The maximum atomic E-state index is 12.8. The molecule has 1 atom stereocenters. The van der Waals surface area contributed by atoms with Crippen molar-refractivity contribution < 1.29 is 9.53 Å². The van der Waals surface area contributed by atoms with Crippen LogP contribution in [0.3, 0.4) is 0 Å². The molecule has 1 fully saturated rings. The van der Waals surface area contributed by atoms with Crippen LogP contribution in [0.1, 0.15) is 45.2 Å². The van der Waals surface area contributed by atoms with E-state index in [1.54, 1.807) is 0 Å². The van der Waals surface area contributed by atoms with Gasteiger partial charge in [0, 0.05) is 19.5 Å². The van der Waals surface area contributed by atoms with E-state index in [1.807, 2.05) is 19.1 Å². The molecule has 0 saturated carbocycles. The highest BCUT2D eigenvalue weighted by molar-refractivity contribution is 5.99. The van der Waals surface area contributed by atoms with Crippen molar-refractivity contribution in [3.63, 3.8) is 0 Å². The highest BCUT2D eigenvalue weighted by Crippen LogP contribution is 2.35. The molecule has 0 unspecified atom stereocenters. The highest BCUT2D eigenvalue weighted by atomic mass is 16.5. The number of aryl methyl sites for hydroxylation is 2. The third-order valence-electron chi connectivity index (χ3n) is 5.23. The minimum Gasteiger partial charge on any atom is -0.378 e. The zero-order chi connectivity index (χ0) is 17.4. The lowest BCUT2D eigenvalue weighted by atomic mass is 9.80. The fourth-order valence-electron chi connectivity index (χ4n) is 3.93. The average molecular weight is 337 g/mol. The number of hydrogen-bond acceptors (Lipinski definition) is 5. The predicted octanol–water partition coefficient (Wildman–Crippen LogP) is 2.84. The molecule has 1 aliphatic carbocycles. The van der Waals surface area contributed by atoms with E-state index in [1.165, 1.54) is 11.1 Å². The van der Waals surface area contributed by atoms with Gasteiger partial charge in [-0.25, -0.2) is 9.97 Å². The smallest absolute Gasteiger partial charge is 0.225 e. The van der Waals surface area contributed by atoms with Gasteiger partial charge in [-0.2, -0.15) is 0 Å². The number of Topliss-reactive ketones (excluding diaryl/α,β-unsaturated/α-hetero) is 1. The van der Waals surface area contributed by atoms with Gasteiger partial charge in [0.1, 0.15) is 0 Å². The van der Waals surface area contributed by atoms with Crippen LogP contribution in [0, 0.1) is 13.8 Å². The zero-order valence-electron chi connectivity index (χ0n) is 14.8. The number of ether oxygens (including phenoxy) is 1. The lowest BCUT2D eigenvalue weighted by molar-refractivity contribution is 0.0961. The summed E-state index contributed by atoms with van der Waals surface area (Å²) in [5.74, 6) is 1.10. The molecule has 5 heteroatoms. The first-order chi connectivity index (χ1) is 12.1. The Balaban J connectivity index is 1.70. The summed E-state index contributed by atoms with van der Waals surface area (Å²) in [4.78, 5) is 24.3. The third kappa shape index (κ3) is 3.04. The third-order valence-corrected chi connectivity index (χ3v) is 5.23. The number of aromatic nitrogens is 2. The normalized spacial score (nSPS) is 20.5. The lowest BCUT2D eigenvalue weighted by Crippen LogP contribution is -2.38. The van der Waals surface area contributed by atoms with Gasteiger partial charge in [0.15, 0.2) is 5.78 Å². The molecule has 0 N–H and O–H groups in total. The molecule has 1 aromatic carbocycles. The van der Waals surface area contributed by atoms with Crippen LogP contribution < -0.4 is 4.90 Å². The minimum atomic E-state index is 0.167. The number of anilines is 1. The Morgan fingerprint density at radius 3 is 2.60 bits per heavy atom. The fraction of sp³-hybridized carbons (Fsp3) is 0.450. The first-order valence-corrected chi connectivity index (χ1v) is 8.92. The van der Waals surface area contributed by atoms with Gasteiger partial charge in [-0.1, -0.05) is 24.3 Å². The Labute approximate surface area is 148 Å². The summed E-state index contributed by atoms with van der Waals surface area (Å²) in [5, 5.41) is 0. The van der Waals surface area contributed by atoms with Crippen LogP contribution in [0.15, 0.2) is 24.3 Å². The van der Waals surface area contributed by atoms with E-state index in [4.69, 9.17) is 9.72 Å². The van der Waals surface area contributed by atoms with E-state index in [0.29, 0.717) is 19.6 Å². The minimum absolute atomic E-state index is 0.167. The summed E-state index contributed by atoms with van der Waals surface area (Å²) in [5.41, 5.74) is 4.94. The molecule has 1 aliphatic heterocycles. The van der Waals surface area contributed by atoms with Crippen LogP contribution >= 0.6 is 0 Å². The molecule has 25 heavy (non-hydrogen) atoms. The Hall–Kier alpha value is -2.27. The van der Waals surface area contributed by atoms with Crippen LogP contribution in [0.5, 0.6) is 0 Å². The van der Waals surface area contributed by atoms with Crippen LogP contribution in [-0.4, -0.2) is 42.1 Å². The van der Waals surface area contributed by atoms with Crippen molar-refractivity contribution in [3.8, 4) is 0 Å². The summed E-state index contributed by atoms with van der Waals surface area (Å²) in [7, 11) is 0. The molecule has 1 saturated heterocycles. The van der Waals surface area contributed by atoms with Crippen LogP contribution in [0.2, 0.25) is 0 Å². The van der Waals surface area contributed by atoms with Crippen molar-refractivity contribution in [1.82, 2.24) is 9.97 Å². The number of hydrogen-bond donors (Lipinski definition) is 0. The molecular formula is C20H23N3O2. The molecule has 2 aromatic rings. The van der Waals surface area contributed by atoms with Gasteiger partial charge in [0.2, 0.25) is 5.95 Å². The van der Waals surface area contributed by atoms with Crippen molar-refractivity contribution >= 4 is 11.7 Å². The average Bonchev–Trinajstić information content (AvgIpc) is 2.62. The van der Waals surface area contributed by atoms with E-state index >= 15 is 0 Å². The molecule has 0 bridgehead atoms. The molecule has 2 heterocycles. The van der Waals surface area contributed by atoms with E-state index in [0.717, 1.165) is 42.4 Å². The van der Waals surface area contributed by atoms with E-state index in [2.05, 4.69) is 28.9 Å². The molecule has 2 aliphatic rings. The number of morpholine rings is 1. The van der Waals surface area contributed by atoms with Gasteiger partial charge in [0.25, 0.3) is 0 Å². The quantitative estimate of drug-likeness (QED) is 0.843. The number of fused-ring (bicyclic) bond motifs is 1.